The van der Waals surface area contributed by atoms with Crippen LogP contribution in [0.1, 0.15) is 19.7 Å². The molecule has 0 aliphatic heterocycles. The van der Waals surface area contributed by atoms with Crippen LogP contribution in [0.25, 0.3) is 11.4 Å². The zero-order valence-electron chi connectivity index (χ0n) is 11.1. The van der Waals surface area contributed by atoms with Crippen LogP contribution in [-0.2, 0) is 6.54 Å². The second-order valence-corrected chi connectivity index (χ2v) is 4.79. The Morgan fingerprint density at radius 2 is 1.85 bits per heavy atom. The highest BCUT2D eigenvalue weighted by molar-refractivity contribution is 5.54. The van der Waals surface area contributed by atoms with Crippen molar-refractivity contribution in [2.75, 3.05) is 6.54 Å². The highest BCUT2D eigenvalue weighted by atomic mass is 19.2. The molecule has 0 aliphatic carbocycles. The van der Waals surface area contributed by atoms with Crippen molar-refractivity contribution in [3.8, 4) is 11.4 Å². The Bertz CT molecular complexity index is 575. The Hall–Kier alpha value is -1.89. The highest BCUT2D eigenvalue weighted by Crippen LogP contribution is 2.21. The number of nitrogens with one attached hydrogen (secondary N) is 1. The van der Waals surface area contributed by atoms with Crippen molar-refractivity contribution in [1.29, 1.82) is 0 Å². The highest BCUT2D eigenvalue weighted by Gasteiger charge is 2.15. The molecule has 0 aliphatic rings. The summed E-state index contributed by atoms with van der Waals surface area (Å²) in [5.41, 5.74) is 0.0280. The predicted octanol–water partition coefficient (Wildman–Crippen LogP) is 2.90. The molecule has 1 aromatic carbocycles. The molecule has 0 unspecified atom stereocenters. The molecule has 0 saturated heterocycles. The minimum Gasteiger partial charge on any atom is -0.338 e. The first kappa shape index (κ1) is 14.5. The summed E-state index contributed by atoms with van der Waals surface area (Å²) in [6, 6.07) is 1.66. The van der Waals surface area contributed by atoms with Crippen LogP contribution in [0.5, 0.6) is 0 Å². The van der Waals surface area contributed by atoms with Crippen LogP contribution in [0.15, 0.2) is 16.7 Å². The SMILES string of the molecule is CC(C)CNCc1nc(-c2cc(F)c(F)c(F)c2)no1. The fourth-order valence-corrected chi connectivity index (χ4v) is 1.60. The lowest BCUT2D eigenvalue weighted by molar-refractivity contribution is 0.364. The number of benzene rings is 1. The van der Waals surface area contributed by atoms with Crippen LogP contribution in [0, 0.1) is 23.4 Å². The number of hydrogen-bond acceptors (Lipinski definition) is 4. The van der Waals surface area contributed by atoms with Crippen LogP contribution >= 0.6 is 0 Å². The van der Waals surface area contributed by atoms with Crippen LogP contribution < -0.4 is 5.32 Å². The smallest absolute Gasteiger partial charge is 0.240 e. The van der Waals surface area contributed by atoms with Crippen LogP contribution in [-0.4, -0.2) is 16.7 Å². The second-order valence-electron chi connectivity index (χ2n) is 4.79. The molecule has 2 aromatic rings. The van der Waals surface area contributed by atoms with Crippen LogP contribution in [0.2, 0.25) is 0 Å². The quantitative estimate of drug-likeness (QED) is 0.858. The van der Waals surface area contributed by atoms with Gasteiger partial charge in [0.25, 0.3) is 0 Å². The summed E-state index contributed by atoms with van der Waals surface area (Å²) in [5, 5.41) is 6.71. The van der Waals surface area contributed by atoms with Crippen LogP contribution in [0.3, 0.4) is 0 Å². The summed E-state index contributed by atoms with van der Waals surface area (Å²) in [7, 11) is 0. The van der Waals surface area contributed by atoms with Gasteiger partial charge < -0.3 is 9.84 Å². The first-order valence-electron chi connectivity index (χ1n) is 6.15. The molecule has 20 heavy (non-hydrogen) atoms. The Balaban J connectivity index is 2.12. The molecule has 0 radical (unpaired) electrons. The predicted molar refractivity (Wildman–Crippen MR) is 66.2 cm³/mol. The maximum Gasteiger partial charge on any atom is 0.240 e. The van der Waals surface area contributed by atoms with Crippen molar-refractivity contribution in [2.45, 2.75) is 20.4 Å². The van der Waals surface area contributed by atoms with Gasteiger partial charge in [0.15, 0.2) is 17.5 Å². The topological polar surface area (TPSA) is 51.0 Å². The zero-order chi connectivity index (χ0) is 14.7. The zero-order valence-corrected chi connectivity index (χ0v) is 11.1. The largest absolute Gasteiger partial charge is 0.338 e. The van der Waals surface area contributed by atoms with Crippen molar-refractivity contribution in [3.05, 3.63) is 35.5 Å². The van der Waals surface area contributed by atoms with Crippen molar-refractivity contribution < 1.29 is 17.7 Å². The fraction of sp³-hybridized carbons (Fsp3) is 0.385. The Morgan fingerprint density at radius 1 is 1.20 bits per heavy atom. The van der Waals surface area contributed by atoms with Crippen molar-refractivity contribution >= 4 is 0 Å². The van der Waals surface area contributed by atoms with E-state index in [1.54, 1.807) is 0 Å². The van der Waals surface area contributed by atoms with Crippen LogP contribution in [0.4, 0.5) is 13.2 Å². The Morgan fingerprint density at radius 3 is 2.45 bits per heavy atom. The average Bonchev–Trinajstić information content (AvgIpc) is 2.83. The van der Waals surface area contributed by atoms with E-state index in [1.807, 2.05) is 0 Å². The standard InChI is InChI=1S/C13H14F3N3O/c1-7(2)5-17-6-11-18-13(19-20-11)8-3-9(14)12(16)10(15)4-8/h3-4,7,17H,5-6H2,1-2H3. The lowest BCUT2D eigenvalue weighted by atomic mass is 10.2. The van der Waals surface area contributed by atoms with E-state index in [2.05, 4.69) is 29.3 Å². The van der Waals surface area contributed by atoms with E-state index in [-0.39, 0.29) is 11.4 Å². The van der Waals surface area contributed by atoms with Gasteiger partial charge in [-0.25, -0.2) is 13.2 Å². The maximum atomic E-state index is 13.1. The summed E-state index contributed by atoms with van der Waals surface area (Å²) in [5.74, 6) is -3.31. The van der Waals surface area contributed by atoms with Gasteiger partial charge in [0.2, 0.25) is 11.7 Å². The van der Waals surface area contributed by atoms with Crippen molar-refractivity contribution in [2.24, 2.45) is 5.92 Å². The minimum atomic E-state index is -1.52. The summed E-state index contributed by atoms with van der Waals surface area (Å²) >= 11 is 0. The van der Waals surface area contributed by atoms with Crippen molar-refractivity contribution in [1.82, 2.24) is 15.5 Å². The third-order valence-electron chi connectivity index (χ3n) is 2.54. The van der Waals surface area contributed by atoms with Gasteiger partial charge >= 0.3 is 0 Å². The van der Waals surface area contributed by atoms with Gasteiger partial charge in [0, 0.05) is 5.56 Å². The third kappa shape index (κ3) is 3.36. The number of rotatable bonds is 5. The normalized spacial score (nSPS) is 11.3. The second kappa shape index (κ2) is 6.04. The minimum absolute atomic E-state index is 0.0177. The van der Waals surface area contributed by atoms with E-state index in [4.69, 9.17) is 4.52 Å². The van der Waals surface area contributed by atoms with E-state index in [0.29, 0.717) is 18.4 Å². The lowest BCUT2D eigenvalue weighted by Crippen LogP contribution is -2.19. The molecule has 0 bridgehead atoms. The molecule has 2 rings (SSSR count). The number of aromatic nitrogens is 2. The van der Waals surface area contributed by atoms with E-state index in [1.165, 1.54) is 0 Å². The monoisotopic (exact) mass is 285 g/mol. The molecular formula is C13H14F3N3O. The van der Waals surface area contributed by atoms with Gasteiger partial charge in [-0.05, 0) is 24.6 Å². The van der Waals surface area contributed by atoms with Gasteiger partial charge in [0.05, 0.1) is 6.54 Å². The molecule has 108 valence electrons. The molecule has 0 spiro atoms. The molecule has 0 atom stereocenters. The van der Waals surface area contributed by atoms with Gasteiger partial charge in [-0.1, -0.05) is 19.0 Å². The van der Waals surface area contributed by atoms with Gasteiger partial charge in [0.1, 0.15) is 0 Å². The van der Waals surface area contributed by atoms with Gasteiger partial charge in [-0.2, -0.15) is 4.98 Å². The fourth-order valence-electron chi connectivity index (χ4n) is 1.60. The number of nitrogens with zero attached hydrogens (tertiary/aromatic N) is 2. The lowest BCUT2D eigenvalue weighted by Gasteiger charge is -2.03. The molecule has 7 heteroatoms. The maximum absolute atomic E-state index is 13.1. The van der Waals surface area contributed by atoms with E-state index >= 15 is 0 Å². The molecule has 1 N–H and O–H groups in total. The summed E-state index contributed by atoms with van der Waals surface area (Å²) in [4.78, 5) is 3.99. The summed E-state index contributed by atoms with van der Waals surface area (Å²) in [6.07, 6.45) is 0. The van der Waals surface area contributed by atoms with Gasteiger partial charge in [-0.15, -0.1) is 0 Å². The molecule has 0 fully saturated rings. The Labute approximate surface area is 114 Å². The van der Waals surface area contributed by atoms with Gasteiger partial charge in [-0.3, -0.25) is 0 Å². The molecule has 4 nitrogen and oxygen atoms in total. The van der Waals surface area contributed by atoms with E-state index < -0.39 is 17.5 Å². The average molecular weight is 285 g/mol. The van der Waals surface area contributed by atoms with E-state index in [0.717, 1.165) is 18.7 Å². The number of halogens is 3. The Kier molecular flexibility index (Phi) is 4.39. The number of hydrogen-bond donors (Lipinski definition) is 1. The first-order chi connectivity index (χ1) is 9.47. The van der Waals surface area contributed by atoms with E-state index in [9.17, 15) is 13.2 Å². The molecule has 1 heterocycles. The molecule has 1 aromatic heterocycles. The molecule has 0 saturated carbocycles. The summed E-state index contributed by atoms with van der Waals surface area (Å²) < 4.78 is 44.0. The van der Waals surface area contributed by atoms with Crippen molar-refractivity contribution in [3.63, 3.8) is 0 Å². The molecule has 0 amide bonds. The first-order valence-corrected chi connectivity index (χ1v) is 6.15. The molecular weight excluding hydrogens is 271 g/mol. The summed E-state index contributed by atoms with van der Waals surface area (Å²) in [6.45, 7) is 5.24. The third-order valence-corrected chi connectivity index (χ3v) is 2.54.